The molecule has 2 aliphatic rings. The van der Waals surface area contributed by atoms with E-state index in [1.165, 1.54) is 25.7 Å². The van der Waals surface area contributed by atoms with Crippen LogP contribution in [0.3, 0.4) is 0 Å². The first-order valence-corrected chi connectivity index (χ1v) is 8.78. The number of fused-ring (bicyclic) bond motifs is 1. The lowest BCUT2D eigenvalue weighted by atomic mass is 9.78. The molecule has 1 aromatic carbocycles. The Morgan fingerprint density at radius 3 is 2.82 bits per heavy atom. The molecule has 0 N–H and O–H groups in total. The van der Waals surface area contributed by atoms with Gasteiger partial charge < -0.3 is 9.64 Å². The Hall–Kier alpha value is -0.930. The molecule has 2 fully saturated rings. The Kier molecular flexibility index (Phi) is 5.14. The number of benzene rings is 1. The number of hydrogen-bond donors (Lipinski definition) is 0. The van der Waals surface area contributed by atoms with E-state index in [0.717, 1.165) is 19.4 Å². The lowest BCUT2D eigenvalue weighted by Crippen LogP contribution is -2.51. The van der Waals surface area contributed by atoms with Crippen molar-refractivity contribution in [1.82, 2.24) is 4.90 Å². The predicted molar refractivity (Wildman–Crippen MR) is 88.7 cm³/mol. The Morgan fingerprint density at radius 1 is 1.18 bits per heavy atom. The number of likely N-dealkylation sites (tertiary alicyclic amines) is 1. The van der Waals surface area contributed by atoms with E-state index < -0.39 is 0 Å². The van der Waals surface area contributed by atoms with Gasteiger partial charge in [-0.25, -0.2) is 0 Å². The second-order valence-electron chi connectivity index (χ2n) is 6.18. The molecule has 2 atom stereocenters. The third-order valence-corrected chi connectivity index (χ3v) is 5.63. The van der Waals surface area contributed by atoms with Crippen LogP contribution >= 0.6 is 23.2 Å². The van der Waals surface area contributed by atoms with Gasteiger partial charge in [0.15, 0.2) is 6.61 Å². The second kappa shape index (κ2) is 7.10. The largest absolute Gasteiger partial charge is 0.482 e. The lowest BCUT2D eigenvalue weighted by molar-refractivity contribution is -0.139. The second-order valence-corrected chi connectivity index (χ2v) is 6.97. The molecule has 3 nitrogen and oxygen atoms in total. The molecule has 1 saturated carbocycles. The number of amides is 1. The van der Waals surface area contributed by atoms with E-state index in [0.29, 0.717) is 27.8 Å². The van der Waals surface area contributed by atoms with E-state index in [2.05, 4.69) is 0 Å². The van der Waals surface area contributed by atoms with Crippen LogP contribution in [-0.2, 0) is 4.79 Å². The van der Waals surface area contributed by atoms with Crippen LogP contribution in [0.25, 0.3) is 0 Å². The van der Waals surface area contributed by atoms with Gasteiger partial charge >= 0.3 is 0 Å². The van der Waals surface area contributed by atoms with Crippen molar-refractivity contribution in [2.24, 2.45) is 5.92 Å². The highest BCUT2D eigenvalue weighted by Crippen LogP contribution is 2.35. The molecule has 0 spiro atoms. The third-order valence-electron chi connectivity index (χ3n) is 4.83. The van der Waals surface area contributed by atoms with Crippen LogP contribution in [0.4, 0.5) is 0 Å². The molecule has 1 aromatic rings. The number of nitrogens with zero attached hydrogens (tertiary/aromatic N) is 1. The first kappa shape index (κ1) is 15.9. The third kappa shape index (κ3) is 3.36. The van der Waals surface area contributed by atoms with E-state index >= 15 is 0 Å². The summed E-state index contributed by atoms with van der Waals surface area (Å²) >= 11 is 12.1. The molecule has 1 heterocycles. The number of carbonyl (C=O) groups excluding carboxylic acids is 1. The van der Waals surface area contributed by atoms with Gasteiger partial charge in [0.05, 0.1) is 5.02 Å². The van der Waals surface area contributed by atoms with Crippen LogP contribution < -0.4 is 4.74 Å². The molecule has 2 unspecified atom stereocenters. The number of rotatable bonds is 3. The van der Waals surface area contributed by atoms with Crippen molar-refractivity contribution in [3.8, 4) is 5.75 Å². The topological polar surface area (TPSA) is 29.5 Å². The van der Waals surface area contributed by atoms with Crippen molar-refractivity contribution in [1.29, 1.82) is 0 Å². The van der Waals surface area contributed by atoms with E-state index in [1.54, 1.807) is 18.2 Å². The summed E-state index contributed by atoms with van der Waals surface area (Å²) in [6, 6.07) is 5.62. The molecule has 1 aliphatic heterocycles. The summed E-state index contributed by atoms with van der Waals surface area (Å²) in [5.74, 6) is 1.22. The Morgan fingerprint density at radius 2 is 1.95 bits per heavy atom. The number of piperidine rings is 1. The molecule has 0 aromatic heterocycles. The molecule has 3 rings (SSSR count). The van der Waals surface area contributed by atoms with Gasteiger partial charge in [-0.15, -0.1) is 0 Å². The quantitative estimate of drug-likeness (QED) is 0.806. The first-order valence-electron chi connectivity index (χ1n) is 8.03. The summed E-state index contributed by atoms with van der Waals surface area (Å²) < 4.78 is 5.60. The Balaban J connectivity index is 1.62. The Bertz CT molecular complexity index is 547. The standard InChI is InChI=1S/C17H21Cl2NO2/c18-13-7-3-9-15(17(13)19)22-11-16(21)20-10-4-6-12-5-1-2-8-14(12)20/h3,7,9,12,14H,1-2,4-6,8,10-11H2. The van der Waals surface area contributed by atoms with E-state index in [1.807, 2.05) is 4.90 Å². The fraction of sp³-hybridized carbons (Fsp3) is 0.588. The van der Waals surface area contributed by atoms with Crippen LogP contribution in [0, 0.1) is 5.92 Å². The summed E-state index contributed by atoms with van der Waals surface area (Å²) in [7, 11) is 0. The van der Waals surface area contributed by atoms with Gasteiger partial charge in [-0.3, -0.25) is 4.79 Å². The zero-order valence-corrected chi connectivity index (χ0v) is 14.1. The maximum atomic E-state index is 12.5. The lowest BCUT2D eigenvalue weighted by Gasteiger charge is -2.44. The van der Waals surface area contributed by atoms with Crippen LogP contribution in [0.2, 0.25) is 10.0 Å². The highest BCUT2D eigenvalue weighted by Gasteiger charge is 2.35. The SMILES string of the molecule is O=C(COc1cccc(Cl)c1Cl)N1CCCC2CCCCC21. The fourth-order valence-corrected chi connectivity index (χ4v) is 4.10. The van der Waals surface area contributed by atoms with Gasteiger partial charge in [0, 0.05) is 12.6 Å². The fourth-order valence-electron chi connectivity index (χ4n) is 3.75. The average molecular weight is 342 g/mol. The monoisotopic (exact) mass is 341 g/mol. The smallest absolute Gasteiger partial charge is 0.260 e. The average Bonchev–Trinajstić information content (AvgIpc) is 2.55. The maximum Gasteiger partial charge on any atom is 0.260 e. The summed E-state index contributed by atoms with van der Waals surface area (Å²) in [6.45, 7) is 0.885. The number of carbonyl (C=O) groups is 1. The van der Waals surface area contributed by atoms with Gasteiger partial charge in [-0.2, -0.15) is 0 Å². The number of ether oxygens (including phenoxy) is 1. The molecular formula is C17H21Cl2NO2. The number of hydrogen-bond acceptors (Lipinski definition) is 2. The summed E-state index contributed by atoms with van der Waals surface area (Å²) in [5, 5.41) is 0.808. The minimum absolute atomic E-state index is 0.0310. The van der Waals surface area contributed by atoms with Crippen molar-refractivity contribution in [3.05, 3.63) is 28.2 Å². The van der Waals surface area contributed by atoms with Crippen LogP contribution in [0.1, 0.15) is 38.5 Å². The zero-order chi connectivity index (χ0) is 15.5. The highest BCUT2D eigenvalue weighted by atomic mass is 35.5. The van der Waals surface area contributed by atoms with Crippen LogP contribution in [0.5, 0.6) is 5.75 Å². The van der Waals surface area contributed by atoms with Gasteiger partial charge in [-0.1, -0.05) is 42.1 Å². The van der Waals surface area contributed by atoms with Crippen LogP contribution in [0.15, 0.2) is 18.2 Å². The molecule has 5 heteroatoms. The van der Waals surface area contributed by atoms with Crippen molar-refractivity contribution in [2.45, 2.75) is 44.6 Å². The number of halogens is 2. The predicted octanol–water partition coefficient (Wildman–Crippen LogP) is 4.55. The van der Waals surface area contributed by atoms with E-state index in [9.17, 15) is 4.79 Å². The summed E-state index contributed by atoms with van der Waals surface area (Å²) in [5.41, 5.74) is 0. The molecule has 0 radical (unpaired) electrons. The van der Waals surface area contributed by atoms with E-state index in [-0.39, 0.29) is 12.5 Å². The first-order chi connectivity index (χ1) is 10.7. The highest BCUT2D eigenvalue weighted by molar-refractivity contribution is 6.42. The van der Waals surface area contributed by atoms with Gasteiger partial charge in [0.2, 0.25) is 0 Å². The molecule has 1 amide bonds. The molecule has 22 heavy (non-hydrogen) atoms. The molecule has 1 saturated heterocycles. The van der Waals surface area contributed by atoms with Gasteiger partial charge in [0.1, 0.15) is 10.8 Å². The van der Waals surface area contributed by atoms with Gasteiger partial charge in [-0.05, 0) is 43.7 Å². The molecule has 120 valence electrons. The summed E-state index contributed by atoms with van der Waals surface area (Å²) in [6.07, 6.45) is 7.29. The van der Waals surface area contributed by atoms with Crippen molar-refractivity contribution in [3.63, 3.8) is 0 Å². The van der Waals surface area contributed by atoms with Crippen molar-refractivity contribution in [2.75, 3.05) is 13.2 Å². The van der Waals surface area contributed by atoms with Crippen LogP contribution in [-0.4, -0.2) is 30.0 Å². The molecule has 1 aliphatic carbocycles. The maximum absolute atomic E-state index is 12.5. The Labute approximate surface area is 141 Å². The van der Waals surface area contributed by atoms with Crippen molar-refractivity contribution >= 4 is 29.1 Å². The van der Waals surface area contributed by atoms with Crippen molar-refractivity contribution < 1.29 is 9.53 Å². The minimum Gasteiger partial charge on any atom is -0.482 e. The normalized spacial score (nSPS) is 24.7. The van der Waals surface area contributed by atoms with Gasteiger partial charge in [0.25, 0.3) is 5.91 Å². The van der Waals surface area contributed by atoms with E-state index in [4.69, 9.17) is 27.9 Å². The molecule has 0 bridgehead atoms. The zero-order valence-electron chi connectivity index (χ0n) is 12.6. The minimum atomic E-state index is 0.0310. The molecular weight excluding hydrogens is 321 g/mol. The summed E-state index contributed by atoms with van der Waals surface area (Å²) in [4.78, 5) is 14.6.